The molecule has 1 atom stereocenters. The van der Waals surface area contributed by atoms with Crippen molar-refractivity contribution >= 4 is 39.9 Å². The molecule has 0 bridgehead atoms. The fraction of sp³-hybridized carbons (Fsp3) is 0.512. The van der Waals surface area contributed by atoms with E-state index in [-0.39, 0.29) is 36.8 Å². The predicted octanol–water partition coefficient (Wildman–Crippen LogP) is 5.00. The van der Waals surface area contributed by atoms with E-state index in [1.807, 2.05) is 48.2 Å². The van der Waals surface area contributed by atoms with Gasteiger partial charge in [-0.3, -0.25) is 24.2 Å². The number of nitrogens with zero attached hydrogens (tertiary/aromatic N) is 6. The van der Waals surface area contributed by atoms with Crippen molar-refractivity contribution in [2.75, 3.05) is 66.0 Å². The number of likely N-dealkylation sites (tertiary alicyclic amines) is 2. The molecule has 57 heavy (non-hydrogen) atoms. The number of aryl methyl sites for hydroxylation is 1. The van der Waals surface area contributed by atoms with Gasteiger partial charge in [0.2, 0.25) is 5.91 Å². The summed E-state index contributed by atoms with van der Waals surface area (Å²) in [4.78, 5) is 63.1. The number of para-hydroxylation sites is 1. The van der Waals surface area contributed by atoms with Crippen molar-refractivity contribution in [3.63, 3.8) is 0 Å². The van der Waals surface area contributed by atoms with Gasteiger partial charge in [0.1, 0.15) is 6.04 Å². The zero-order valence-electron chi connectivity index (χ0n) is 33.3. The van der Waals surface area contributed by atoms with Gasteiger partial charge in [0, 0.05) is 62.7 Å². The molecule has 3 aliphatic rings. The molecular formula is C43H56N8O6. The zero-order valence-corrected chi connectivity index (χ0v) is 33.3. The standard InChI is InChI=1S/C43H56N8O6/c1-4-5-8-23-56-43(55)57-29-51-38-10-7-6-9-33(38)27-36(40(51)52)32-11-17-50(18-12-32)42(54)45-37(26-31-24-30(2)39-34(25-31)28-44-46-39)41(53)49-21-19-48(20-22-49)35-13-15-47(3)16-14-35/h4,6-7,9-10,24-25,27-28,32,35,37H,1,5,8,11-23,26,29H2,2-3H3,(H,44,46)(H,45,54). The van der Waals surface area contributed by atoms with E-state index in [0.717, 1.165) is 72.9 Å². The van der Waals surface area contributed by atoms with Crippen LogP contribution in [0.1, 0.15) is 61.1 Å². The van der Waals surface area contributed by atoms with Crippen molar-refractivity contribution in [1.29, 1.82) is 0 Å². The number of aromatic amines is 1. The van der Waals surface area contributed by atoms with Gasteiger partial charge in [0.05, 0.1) is 23.8 Å². The molecule has 14 nitrogen and oxygen atoms in total. The van der Waals surface area contributed by atoms with E-state index in [1.54, 1.807) is 17.2 Å². The fourth-order valence-electron chi connectivity index (χ4n) is 8.70. The lowest BCUT2D eigenvalue weighted by Gasteiger charge is -2.43. The second kappa shape index (κ2) is 18.4. The van der Waals surface area contributed by atoms with Crippen LogP contribution in [0.25, 0.3) is 21.8 Å². The number of allylic oxidation sites excluding steroid dienone is 1. The lowest BCUT2D eigenvalue weighted by molar-refractivity contribution is -0.135. The van der Waals surface area contributed by atoms with Crippen LogP contribution in [-0.2, 0) is 27.4 Å². The van der Waals surface area contributed by atoms with Gasteiger partial charge in [-0.2, -0.15) is 5.10 Å². The van der Waals surface area contributed by atoms with Crippen molar-refractivity contribution in [2.24, 2.45) is 0 Å². The Balaban J connectivity index is 1.02. The number of H-pyrrole nitrogens is 1. The van der Waals surface area contributed by atoms with Crippen LogP contribution in [0, 0.1) is 6.92 Å². The highest BCUT2D eigenvalue weighted by atomic mass is 16.7. The number of unbranched alkanes of at least 4 members (excludes halogenated alkanes) is 1. The van der Waals surface area contributed by atoms with E-state index in [4.69, 9.17) is 9.47 Å². The van der Waals surface area contributed by atoms with Gasteiger partial charge in [-0.25, -0.2) is 9.59 Å². The van der Waals surface area contributed by atoms with Gasteiger partial charge in [0.15, 0.2) is 6.73 Å². The molecule has 0 radical (unpaired) electrons. The van der Waals surface area contributed by atoms with E-state index in [0.29, 0.717) is 69.0 Å². The number of pyridine rings is 1. The number of aromatic nitrogens is 3. The summed E-state index contributed by atoms with van der Waals surface area (Å²) in [5.74, 6) is -0.169. The molecule has 3 fully saturated rings. The normalized spacial score (nSPS) is 18.1. The van der Waals surface area contributed by atoms with E-state index >= 15 is 0 Å². The SMILES string of the molecule is C=CCCCOC(=O)OCn1c(=O)c(C2CCN(C(=O)NC(Cc3cc(C)c4[nH]ncc4c3)C(=O)N3CCN(C4CCN(C)CC4)CC3)CC2)cc2ccccc21. The Labute approximate surface area is 333 Å². The minimum absolute atomic E-state index is 0.0641. The molecule has 2 aromatic carbocycles. The molecule has 4 aromatic rings. The molecule has 0 aliphatic carbocycles. The van der Waals surface area contributed by atoms with Crippen LogP contribution in [0.15, 0.2) is 66.1 Å². The maximum atomic E-state index is 14.3. The number of amides is 3. The third-order valence-electron chi connectivity index (χ3n) is 12.0. The third-order valence-corrected chi connectivity index (χ3v) is 12.0. The molecule has 5 heterocycles. The Morgan fingerprint density at radius 1 is 0.947 bits per heavy atom. The van der Waals surface area contributed by atoms with Gasteiger partial charge in [0.25, 0.3) is 5.56 Å². The van der Waals surface area contributed by atoms with Gasteiger partial charge in [-0.15, -0.1) is 6.58 Å². The molecular weight excluding hydrogens is 725 g/mol. The smallest absolute Gasteiger partial charge is 0.434 e. The van der Waals surface area contributed by atoms with Crippen molar-refractivity contribution < 1.29 is 23.9 Å². The molecule has 304 valence electrons. The molecule has 2 N–H and O–H groups in total. The minimum atomic E-state index is -0.830. The first-order valence-electron chi connectivity index (χ1n) is 20.4. The maximum absolute atomic E-state index is 14.3. The highest BCUT2D eigenvalue weighted by Gasteiger charge is 2.34. The number of carbonyl (C=O) groups is 3. The van der Waals surface area contributed by atoms with Crippen molar-refractivity contribution in [1.82, 2.24) is 39.7 Å². The Bertz CT molecular complexity index is 2110. The number of piperazine rings is 1. The van der Waals surface area contributed by atoms with E-state index in [9.17, 15) is 19.2 Å². The summed E-state index contributed by atoms with van der Waals surface area (Å²) in [6.45, 7) is 11.6. The van der Waals surface area contributed by atoms with Crippen LogP contribution >= 0.6 is 0 Å². The molecule has 2 aromatic heterocycles. The first-order valence-corrected chi connectivity index (χ1v) is 20.4. The quantitative estimate of drug-likeness (QED) is 0.115. The molecule has 3 amide bonds. The van der Waals surface area contributed by atoms with Crippen molar-refractivity contribution in [3.8, 4) is 0 Å². The van der Waals surface area contributed by atoms with Crippen LogP contribution in [-0.4, -0.2) is 131 Å². The van der Waals surface area contributed by atoms with Crippen molar-refractivity contribution in [3.05, 3.63) is 88.4 Å². The Morgan fingerprint density at radius 2 is 1.70 bits per heavy atom. The van der Waals surface area contributed by atoms with E-state index < -0.39 is 12.2 Å². The van der Waals surface area contributed by atoms with E-state index in [1.165, 1.54) is 4.57 Å². The number of carbonyl (C=O) groups excluding carboxylic acids is 3. The topological polar surface area (TPSA) is 145 Å². The molecule has 0 saturated carbocycles. The number of urea groups is 1. The monoisotopic (exact) mass is 780 g/mol. The molecule has 0 spiro atoms. The summed E-state index contributed by atoms with van der Waals surface area (Å²) in [7, 11) is 2.17. The van der Waals surface area contributed by atoms with Crippen LogP contribution in [0.3, 0.4) is 0 Å². The van der Waals surface area contributed by atoms with Crippen LogP contribution in [0.5, 0.6) is 0 Å². The van der Waals surface area contributed by atoms with Gasteiger partial charge >= 0.3 is 12.2 Å². The van der Waals surface area contributed by atoms with Gasteiger partial charge in [-0.05, 0) is 106 Å². The molecule has 7 rings (SSSR count). The molecule has 14 heteroatoms. The summed E-state index contributed by atoms with van der Waals surface area (Å²) >= 11 is 0. The Kier molecular flexibility index (Phi) is 12.9. The second-order valence-electron chi connectivity index (χ2n) is 15.8. The number of piperidine rings is 2. The second-order valence-corrected chi connectivity index (χ2v) is 15.8. The highest BCUT2D eigenvalue weighted by molar-refractivity contribution is 5.88. The minimum Gasteiger partial charge on any atom is -0.434 e. The average Bonchev–Trinajstić information content (AvgIpc) is 3.71. The van der Waals surface area contributed by atoms with Crippen LogP contribution in [0.2, 0.25) is 0 Å². The number of nitrogens with one attached hydrogen (secondary N) is 2. The average molecular weight is 781 g/mol. The summed E-state index contributed by atoms with van der Waals surface area (Å²) in [5.41, 5.74) is 3.99. The van der Waals surface area contributed by atoms with E-state index in [2.05, 4.69) is 45.0 Å². The number of rotatable bonds is 12. The first-order chi connectivity index (χ1) is 27.7. The van der Waals surface area contributed by atoms with Crippen molar-refractivity contribution in [2.45, 2.75) is 76.6 Å². The molecule has 1 unspecified atom stereocenters. The fourth-order valence-corrected chi connectivity index (χ4v) is 8.70. The maximum Gasteiger partial charge on any atom is 0.510 e. The van der Waals surface area contributed by atoms with Gasteiger partial charge in [-0.1, -0.05) is 30.3 Å². The Morgan fingerprint density at radius 3 is 2.46 bits per heavy atom. The third kappa shape index (κ3) is 9.50. The number of hydrogen-bond donors (Lipinski definition) is 2. The summed E-state index contributed by atoms with van der Waals surface area (Å²) < 4.78 is 12.0. The lowest BCUT2D eigenvalue weighted by atomic mass is 9.89. The number of benzene rings is 2. The number of hydrogen-bond acceptors (Lipinski definition) is 9. The summed E-state index contributed by atoms with van der Waals surface area (Å²) in [5, 5.41) is 12.2. The van der Waals surface area contributed by atoms with Crippen LogP contribution < -0.4 is 10.9 Å². The van der Waals surface area contributed by atoms with Crippen LogP contribution in [0.4, 0.5) is 9.59 Å². The lowest BCUT2D eigenvalue weighted by Crippen LogP contribution is -2.59. The largest absolute Gasteiger partial charge is 0.510 e. The molecule has 3 aliphatic heterocycles. The zero-order chi connectivity index (χ0) is 39.9. The number of ether oxygens (including phenoxy) is 2. The molecule has 3 saturated heterocycles. The predicted molar refractivity (Wildman–Crippen MR) is 219 cm³/mol. The summed E-state index contributed by atoms with van der Waals surface area (Å²) in [6, 6.07) is 13.1. The Hall–Kier alpha value is -5.21. The first kappa shape index (κ1) is 40.0. The number of fused-ring (bicyclic) bond motifs is 2. The van der Waals surface area contributed by atoms with Gasteiger partial charge < -0.3 is 29.5 Å². The summed E-state index contributed by atoms with van der Waals surface area (Å²) in [6.07, 6.45) is 7.87. The highest BCUT2D eigenvalue weighted by Crippen LogP contribution is 2.29.